The molecule has 1 aliphatic rings. The number of esters is 1. The molecule has 0 unspecified atom stereocenters. The number of benzene rings is 1. The summed E-state index contributed by atoms with van der Waals surface area (Å²) in [5.74, 6) is -0.804. The topological polar surface area (TPSA) is 84.9 Å². The molecule has 0 spiro atoms. The van der Waals surface area contributed by atoms with Crippen molar-refractivity contribution >= 4 is 34.3 Å². The molecule has 0 aliphatic carbocycles. The van der Waals surface area contributed by atoms with Crippen molar-refractivity contribution in [2.75, 3.05) is 25.6 Å². The molecule has 1 aromatic heterocycles. The van der Waals surface area contributed by atoms with Gasteiger partial charge in [0.1, 0.15) is 5.00 Å². The zero-order valence-corrected chi connectivity index (χ0v) is 15.9. The third-order valence-corrected chi connectivity index (χ3v) is 5.37. The van der Waals surface area contributed by atoms with E-state index in [1.54, 1.807) is 36.1 Å². The fraction of sp³-hybridized carbons (Fsp3) is 0.316. The molecular weight excluding hydrogens is 368 g/mol. The Bertz CT molecular complexity index is 862. The normalized spacial score (nSPS) is 12.9. The van der Waals surface area contributed by atoms with E-state index in [2.05, 4.69) is 5.32 Å². The van der Waals surface area contributed by atoms with Crippen LogP contribution in [0.1, 0.15) is 38.1 Å². The molecule has 1 aliphatic heterocycles. The number of ether oxygens (including phenoxy) is 2. The average Bonchev–Trinajstić information content (AvgIpc) is 3.05. The van der Waals surface area contributed by atoms with Gasteiger partial charge in [-0.3, -0.25) is 4.79 Å². The maximum absolute atomic E-state index is 12.5. The van der Waals surface area contributed by atoms with Gasteiger partial charge in [-0.2, -0.15) is 0 Å². The van der Waals surface area contributed by atoms with Gasteiger partial charge in [-0.05, 0) is 31.0 Å². The van der Waals surface area contributed by atoms with Crippen molar-refractivity contribution in [1.29, 1.82) is 0 Å². The van der Waals surface area contributed by atoms with E-state index in [-0.39, 0.29) is 12.0 Å². The van der Waals surface area contributed by atoms with Gasteiger partial charge in [-0.25, -0.2) is 9.59 Å². The van der Waals surface area contributed by atoms with Gasteiger partial charge >= 0.3 is 12.1 Å². The Morgan fingerprint density at radius 2 is 1.96 bits per heavy atom. The summed E-state index contributed by atoms with van der Waals surface area (Å²) in [6.07, 6.45) is 0.113. The first-order chi connectivity index (χ1) is 13.0. The molecular formula is C19H20N2O5S. The highest BCUT2D eigenvalue weighted by molar-refractivity contribution is 7.17. The standard InChI is InChI=1S/C19H20N2O5S/c1-3-26-19(24)21-10-9-13-14(11-21)27-17(15(13)18(23)25-2)20-16(22)12-7-5-4-6-8-12/h4-8H,3,9-11H2,1-2H3,(H,20,22). The van der Waals surface area contributed by atoms with Crippen molar-refractivity contribution in [3.05, 3.63) is 51.9 Å². The van der Waals surface area contributed by atoms with Crippen molar-refractivity contribution in [2.45, 2.75) is 19.9 Å². The zero-order chi connectivity index (χ0) is 19.4. The minimum Gasteiger partial charge on any atom is -0.465 e. The van der Waals surface area contributed by atoms with Crippen LogP contribution in [0.15, 0.2) is 30.3 Å². The van der Waals surface area contributed by atoms with Crippen LogP contribution in [-0.4, -0.2) is 43.1 Å². The van der Waals surface area contributed by atoms with E-state index < -0.39 is 5.97 Å². The number of nitrogens with one attached hydrogen (secondary N) is 1. The van der Waals surface area contributed by atoms with Crippen LogP contribution in [-0.2, 0) is 22.4 Å². The van der Waals surface area contributed by atoms with Crippen molar-refractivity contribution in [2.24, 2.45) is 0 Å². The van der Waals surface area contributed by atoms with Gasteiger partial charge in [-0.1, -0.05) is 18.2 Å². The van der Waals surface area contributed by atoms with Crippen molar-refractivity contribution in [3.8, 4) is 0 Å². The summed E-state index contributed by atoms with van der Waals surface area (Å²) < 4.78 is 9.97. The Kier molecular flexibility index (Phi) is 5.75. The number of hydrogen-bond acceptors (Lipinski definition) is 6. The van der Waals surface area contributed by atoms with E-state index in [9.17, 15) is 14.4 Å². The van der Waals surface area contributed by atoms with Gasteiger partial charge in [0.15, 0.2) is 0 Å². The Morgan fingerprint density at radius 1 is 1.22 bits per heavy atom. The first-order valence-corrected chi connectivity index (χ1v) is 9.37. The number of anilines is 1. The molecule has 0 atom stereocenters. The van der Waals surface area contributed by atoms with Crippen LogP contribution in [0.25, 0.3) is 0 Å². The molecule has 3 rings (SSSR count). The van der Waals surface area contributed by atoms with Gasteiger partial charge in [0.2, 0.25) is 0 Å². The summed E-state index contributed by atoms with van der Waals surface area (Å²) in [7, 11) is 1.31. The summed E-state index contributed by atoms with van der Waals surface area (Å²) in [5.41, 5.74) is 1.67. The Morgan fingerprint density at radius 3 is 2.63 bits per heavy atom. The molecule has 1 aromatic carbocycles. The molecule has 27 heavy (non-hydrogen) atoms. The minimum atomic E-state index is -0.500. The number of carbonyl (C=O) groups is 3. The molecule has 0 saturated heterocycles. The second-order valence-electron chi connectivity index (χ2n) is 5.89. The summed E-state index contributed by atoms with van der Waals surface area (Å²) in [6.45, 7) is 2.84. The lowest BCUT2D eigenvalue weighted by Crippen LogP contribution is -2.36. The molecule has 2 amide bonds. The maximum Gasteiger partial charge on any atom is 0.410 e. The van der Waals surface area contributed by atoms with Gasteiger partial charge in [0.25, 0.3) is 5.91 Å². The van der Waals surface area contributed by atoms with Gasteiger partial charge in [0, 0.05) is 17.0 Å². The average molecular weight is 388 g/mol. The molecule has 1 N–H and O–H groups in total. The monoisotopic (exact) mass is 388 g/mol. The van der Waals surface area contributed by atoms with E-state index >= 15 is 0 Å². The SMILES string of the molecule is CCOC(=O)N1CCc2c(sc(NC(=O)c3ccccc3)c2C(=O)OC)C1. The second kappa shape index (κ2) is 8.22. The van der Waals surface area contributed by atoms with E-state index in [1.807, 2.05) is 6.07 Å². The highest BCUT2D eigenvalue weighted by Gasteiger charge is 2.31. The summed E-state index contributed by atoms with van der Waals surface area (Å²) in [4.78, 5) is 39.3. The van der Waals surface area contributed by atoms with Crippen LogP contribution in [0, 0.1) is 0 Å². The predicted octanol–water partition coefficient (Wildman–Crippen LogP) is 3.30. The fourth-order valence-corrected chi connectivity index (χ4v) is 4.19. The molecule has 2 heterocycles. The maximum atomic E-state index is 12.5. The summed E-state index contributed by atoms with van der Waals surface area (Å²) in [5, 5.41) is 3.25. The number of amides is 2. The van der Waals surface area contributed by atoms with Crippen LogP contribution >= 0.6 is 11.3 Å². The predicted molar refractivity (Wildman–Crippen MR) is 101 cm³/mol. The number of carbonyl (C=O) groups excluding carboxylic acids is 3. The number of hydrogen-bond donors (Lipinski definition) is 1. The third kappa shape index (κ3) is 3.95. The lowest BCUT2D eigenvalue weighted by molar-refractivity contribution is 0.0600. The smallest absolute Gasteiger partial charge is 0.410 e. The molecule has 0 radical (unpaired) electrons. The van der Waals surface area contributed by atoms with Crippen LogP contribution in [0.3, 0.4) is 0 Å². The second-order valence-corrected chi connectivity index (χ2v) is 7.00. The Hall–Kier alpha value is -2.87. The molecule has 0 saturated carbocycles. The molecule has 142 valence electrons. The number of rotatable bonds is 4. The quantitative estimate of drug-likeness (QED) is 0.813. The van der Waals surface area contributed by atoms with Crippen LogP contribution in [0.4, 0.5) is 9.80 Å². The molecule has 8 heteroatoms. The Balaban J connectivity index is 1.90. The minimum absolute atomic E-state index is 0.304. The summed E-state index contributed by atoms with van der Waals surface area (Å²) in [6, 6.07) is 8.76. The lowest BCUT2D eigenvalue weighted by atomic mass is 10.0. The third-order valence-electron chi connectivity index (χ3n) is 4.24. The lowest BCUT2D eigenvalue weighted by Gasteiger charge is -2.26. The van der Waals surface area contributed by atoms with Gasteiger partial charge in [-0.15, -0.1) is 11.3 Å². The van der Waals surface area contributed by atoms with E-state index in [0.717, 1.165) is 10.4 Å². The van der Waals surface area contributed by atoms with Crippen molar-refractivity contribution in [3.63, 3.8) is 0 Å². The fourth-order valence-electron chi connectivity index (χ4n) is 2.94. The molecule has 2 aromatic rings. The first-order valence-electron chi connectivity index (χ1n) is 8.56. The Labute approximate surface area is 160 Å². The summed E-state index contributed by atoms with van der Waals surface area (Å²) >= 11 is 1.29. The number of methoxy groups -OCH3 is 1. The van der Waals surface area contributed by atoms with Crippen molar-refractivity contribution in [1.82, 2.24) is 4.90 Å². The van der Waals surface area contributed by atoms with Gasteiger partial charge in [0.05, 0.1) is 25.8 Å². The number of nitrogens with zero attached hydrogens (tertiary/aromatic N) is 1. The van der Waals surface area contributed by atoms with Crippen molar-refractivity contribution < 1.29 is 23.9 Å². The van der Waals surface area contributed by atoms with E-state index in [4.69, 9.17) is 9.47 Å². The molecule has 0 bridgehead atoms. The molecule has 0 fully saturated rings. The largest absolute Gasteiger partial charge is 0.465 e. The first kappa shape index (κ1) is 18.9. The molecule has 7 nitrogen and oxygen atoms in total. The highest BCUT2D eigenvalue weighted by Crippen LogP contribution is 2.38. The van der Waals surface area contributed by atoms with E-state index in [1.165, 1.54) is 18.4 Å². The zero-order valence-electron chi connectivity index (χ0n) is 15.1. The number of thiophene rings is 1. The van der Waals surface area contributed by atoms with Crippen LogP contribution in [0.5, 0.6) is 0 Å². The van der Waals surface area contributed by atoms with Crippen LogP contribution < -0.4 is 5.32 Å². The van der Waals surface area contributed by atoms with Crippen LogP contribution in [0.2, 0.25) is 0 Å². The number of fused-ring (bicyclic) bond motifs is 1. The van der Waals surface area contributed by atoms with E-state index in [0.29, 0.717) is 42.2 Å². The highest BCUT2D eigenvalue weighted by atomic mass is 32.1. The van der Waals surface area contributed by atoms with Gasteiger partial charge < -0.3 is 19.7 Å².